The Hall–Kier alpha value is -1.81. The predicted molar refractivity (Wildman–Crippen MR) is 92.4 cm³/mol. The molecule has 1 unspecified atom stereocenters. The van der Waals surface area contributed by atoms with Crippen molar-refractivity contribution in [1.29, 1.82) is 0 Å². The SMILES string of the molecule is Cc1ccc(NCC(=O)N2CCCC2c2cccs2)c(C)c1. The van der Waals surface area contributed by atoms with Crippen LogP contribution in [-0.2, 0) is 4.79 Å². The van der Waals surface area contributed by atoms with Gasteiger partial charge in [0.15, 0.2) is 0 Å². The first-order chi connectivity index (χ1) is 10.6. The first-order valence-corrected chi connectivity index (χ1v) is 8.67. The van der Waals surface area contributed by atoms with E-state index >= 15 is 0 Å². The molecule has 2 heterocycles. The molecule has 0 aliphatic carbocycles. The average Bonchev–Trinajstić information content (AvgIpc) is 3.16. The van der Waals surface area contributed by atoms with Crippen LogP contribution in [0.25, 0.3) is 0 Å². The minimum Gasteiger partial charge on any atom is -0.376 e. The van der Waals surface area contributed by atoms with Gasteiger partial charge in [0.1, 0.15) is 0 Å². The number of thiophene rings is 1. The van der Waals surface area contributed by atoms with Gasteiger partial charge in [0.2, 0.25) is 5.91 Å². The second kappa shape index (κ2) is 6.53. The predicted octanol–water partition coefficient (Wildman–Crippen LogP) is 4.14. The van der Waals surface area contributed by atoms with Gasteiger partial charge in [-0.1, -0.05) is 23.8 Å². The molecule has 1 aromatic heterocycles. The van der Waals surface area contributed by atoms with E-state index in [1.165, 1.54) is 16.0 Å². The van der Waals surface area contributed by atoms with E-state index in [1.807, 2.05) is 4.90 Å². The number of anilines is 1. The molecule has 1 fully saturated rings. The summed E-state index contributed by atoms with van der Waals surface area (Å²) in [5, 5.41) is 5.38. The molecule has 1 aromatic carbocycles. The number of nitrogens with one attached hydrogen (secondary N) is 1. The number of carbonyl (C=O) groups is 1. The molecule has 22 heavy (non-hydrogen) atoms. The molecular formula is C18H22N2OS. The molecule has 3 rings (SSSR count). The Morgan fingerprint density at radius 3 is 2.95 bits per heavy atom. The maximum atomic E-state index is 12.6. The van der Waals surface area contributed by atoms with Crippen molar-refractivity contribution < 1.29 is 4.79 Å². The van der Waals surface area contributed by atoms with E-state index in [4.69, 9.17) is 0 Å². The quantitative estimate of drug-likeness (QED) is 0.920. The zero-order valence-corrected chi connectivity index (χ0v) is 14.0. The van der Waals surface area contributed by atoms with Crippen molar-refractivity contribution in [2.45, 2.75) is 32.7 Å². The molecule has 4 heteroatoms. The first kappa shape index (κ1) is 15.1. The Bertz CT molecular complexity index is 651. The molecule has 1 atom stereocenters. The fraction of sp³-hybridized carbons (Fsp3) is 0.389. The molecule has 1 saturated heterocycles. The number of likely N-dealkylation sites (tertiary alicyclic amines) is 1. The van der Waals surface area contributed by atoms with Gasteiger partial charge in [0, 0.05) is 17.1 Å². The molecule has 0 spiro atoms. The summed E-state index contributed by atoms with van der Waals surface area (Å²) in [6, 6.07) is 10.7. The molecule has 116 valence electrons. The summed E-state index contributed by atoms with van der Waals surface area (Å²) in [5.41, 5.74) is 3.47. The average molecular weight is 314 g/mol. The lowest BCUT2D eigenvalue weighted by molar-refractivity contribution is -0.130. The van der Waals surface area contributed by atoms with Crippen molar-refractivity contribution in [2.75, 3.05) is 18.4 Å². The third kappa shape index (κ3) is 3.17. The highest BCUT2D eigenvalue weighted by Crippen LogP contribution is 2.34. The molecule has 1 aliphatic heterocycles. The highest BCUT2D eigenvalue weighted by atomic mass is 32.1. The van der Waals surface area contributed by atoms with Crippen LogP contribution in [0.3, 0.4) is 0 Å². The summed E-state index contributed by atoms with van der Waals surface area (Å²) in [6.07, 6.45) is 2.17. The summed E-state index contributed by atoms with van der Waals surface area (Å²) in [4.78, 5) is 15.9. The third-order valence-electron chi connectivity index (χ3n) is 4.26. The lowest BCUT2D eigenvalue weighted by Gasteiger charge is -2.24. The number of aryl methyl sites for hydroxylation is 2. The highest BCUT2D eigenvalue weighted by Gasteiger charge is 2.30. The minimum atomic E-state index is 0.191. The van der Waals surface area contributed by atoms with Crippen LogP contribution in [0.2, 0.25) is 0 Å². The topological polar surface area (TPSA) is 32.3 Å². The van der Waals surface area contributed by atoms with Gasteiger partial charge in [-0.3, -0.25) is 4.79 Å². The van der Waals surface area contributed by atoms with Crippen LogP contribution in [0.5, 0.6) is 0 Å². The smallest absolute Gasteiger partial charge is 0.242 e. The van der Waals surface area contributed by atoms with E-state index in [-0.39, 0.29) is 11.9 Å². The van der Waals surface area contributed by atoms with Crippen LogP contribution in [-0.4, -0.2) is 23.9 Å². The van der Waals surface area contributed by atoms with E-state index in [0.29, 0.717) is 6.54 Å². The van der Waals surface area contributed by atoms with Gasteiger partial charge >= 0.3 is 0 Å². The molecule has 0 saturated carbocycles. The number of rotatable bonds is 4. The van der Waals surface area contributed by atoms with E-state index in [0.717, 1.165) is 25.1 Å². The number of nitrogens with zero attached hydrogens (tertiary/aromatic N) is 1. The van der Waals surface area contributed by atoms with Crippen LogP contribution >= 0.6 is 11.3 Å². The van der Waals surface area contributed by atoms with Crippen LogP contribution < -0.4 is 5.32 Å². The number of carbonyl (C=O) groups excluding carboxylic acids is 1. The lowest BCUT2D eigenvalue weighted by atomic mass is 10.1. The Morgan fingerprint density at radius 1 is 1.36 bits per heavy atom. The Balaban J connectivity index is 1.64. The van der Waals surface area contributed by atoms with Crippen molar-refractivity contribution in [3.63, 3.8) is 0 Å². The van der Waals surface area contributed by atoms with Crippen LogP contribution in [0, 0.1) is 13.8 Å². The van der Waals surface area contributed by atoms with Crippen LogP contribution in [0.1, 0.15) is 34.9 Å². The molecule has 1 N–H and O–H groups in total. The highest BCUT2D eigenvalue weighted by molar-refractivity contribution is 7.10. The minimum absolute atomic E-state index is 0.191. The first-order valence-electron chi connectivity index (χ1n) is 7.79. The molecular weight excluding hydrogens is 292 g/mol. The number of amides is 1. The van der Waals surface area contributed by atoms with Gasteiger partial charge in [-0.15, -0.1) is 11.3 Å². The Morgan fingerprint density at radius 2 is 2.23 bits per heavy atom. The number of benzene rings is 1. The zero-order valence-electron chi connectivity index (χ0n) is 13.1. The molecule has 0 bridgehead atoms. The molecule has 1 amide bonds. The number of hydrogen-bond acceptors (Lipinski definition) is 3. The van der Waals surface area contributed by atoms with Gasteiger partial charge < -0.3 is 10.2 Å². The van der Waals surface area contributed by atoms with E-state index < -0.39 is 0 Å². The lowest BCUT2D eigenvalue weighted by Crippen LogP contribution is -2.34. The summed E-state index contributed by atoms with van der Waals surface area (Å²) in [7, 11) is 0. The normalized spacial score (nSPS) is 17.7. The molecule has 1 aliphatic rings. The molecule has 0 radical (unpaired) electrons. The van der Waals surface area contributed by atoms with Gasteiger partial charge in [0.25, 0.3) is 0 Å². The second-order valence-electron chi connectivity index (χ2n) is 5.93. The van der Waals surface area contributed by atoms with E-state index in [2.05, 4.69) is 54.9 Å². The fourth-order valence-electron chi connectivity index (χ4n) is 3.13. The summed E-state index contributed by atoms with van der Waals surface area (Å²) in [5.74, 6) is 0.191. The summed E-state index contributed by atoms with van der Waals surface area (Å²) < 4.78 is 0. The largest absolute Gasteiger partial charge is 0.376 e. The monoisotopic (exact) mass is 314 g/mol. The van der Waals surface area contributed by atoms with Crippen molar-refractivity contribution in [2.24, 2.45) is 0 Å². The van der Waals surface area contributed by atoms with Crippen LogP contribution in [0.4, 0.5) is 5.69 Å². The maximum absolute atomic E-state index is 12.6. The fourth-order valence-corrected chi connectivity index (χ4v) is 4.00. The molecule has 3 nitrogen and oxygen atoms in total. The molecule has 2 aromatic rings. The Labute approximate surface area is 136 Å². The van der Waals surface area contributed by atoms with Crippen molar-refractivity contribution in [3.8, 4) is 0 Å². The van der Waals surface area contributed by atoms with Gasteiger partial charge in [-0.25, -0.2) is 0 Å². The van der Waals surface area contributed by atoms with E-state index in [1.54, 1.807) is 11.3 Å². The van der Waals surface area contributed by atoms with Gasteiger partial charge in [-0.05, 0) is 49.8 Å². The third-order valence-corrected chi connectivity index (χ3v) is 5.23. The van der Waals surface area contributed by atoms with Crippen LogP contribution in [0.15, 0.2) is 35.7 Å². The Kier molecular flexibility index (Phi) is 4.48. The van der Waals surface area contributed by atoms with Crippen molar-refractivity contribution >= 4 is 22.9 Å². The van der Waals surface area contributed by atoms with Gasteiger partial charge in [0.05, 0.1) is 12.6 Å². The summed E-state index contributed by atoms with van der Waals surface area (Å²) in [6.45, 7) is 5.39. The number of hydrogen-bond donors (Lipinski definition) is 1. The second-order valence-corrected chi connectivity index (χ2v) is 6.91. The zero-order chi connectivity index (χ0) is 15.5. The standard InChI is InChI=1S/C18H22N2OS/c1-13-7-8-15(14(2)11-13)19-12-18(21)20-9-3-5-16(20)17-6-4-10-22-17/h4,6-8,10-11,16,19H,3,5,9,12H2,1-2H3. The van der Waals surface area contributed by atoms with E-state index in [9.17, 15) is 4.79 Å². The van der Waals surface area contributed by atoms with Gasteiger partial charge in [-0.2, -0.15) is 0 Å². The summed E-state index contributed by atoms with van der Waals surface area (Å²) >= 11 is 1.75. The maximum Gasteiger partial charge on any atom is 0.242 e. The van der Waals surface area contributed by atoms with Crippen molar-refractivity contribution in [1.82, 2.24) is 4.90 Å². The van der Waals surface area contributed by atoms with Crippen molar-refractivity contribution in [3.05, 3.63) is 51.7 Å².